The minimum absolute atomic E-state index is 0.324. The van der Waals surface area contributed by atoms with E-state index < -0.39 is 11.6 Å². The van der Waals surface area contributed by atoms with E-state index in [9.17, 15) is 8.78 Å². The SMILES string of the molecule is Fc1cc(F)cc(N(c2ccccn2)c2ccccn2)c1. The number of anilines is 3. The van der Waals surface area contributed by atoms with Gasteiger partial charge >= 0.3 is 0 Å². The fourth-order valence-corrected chi connectivity index (χ4v) is 2.02. The average Bonchev–Trinajstić information content (AvgIpc) is 2.49. The maximum absolute atomic E-state index is 13.5. The Hall–Kier alpha value is -2.82. The molecule has 0 aliphatic carbocycles. The number of benzene rings is 1. The van der Waals surface area contributed by atoms with Crippen molar-refractivity contribution in [3.63, 3.8) is 0 Å². The summed E-state index contributed by atoms with van der Waals surface area (Å²) in [6, 6.07) is 14.0. The lowest BCUT2D eigenvalue weighted by molar-refractivity contribution is 0.583. The number of hydrogen-bond donors (Lipinski definition) is 0. The molecular weight excluding hydrogens is 272 g/mol. The molecule has 1 aromatic carbocycles. The number of pyridine rings is 2. The van der Waals surface area contributed by atoms with E-state index in [0.717, 1.165) is 6.07 Å². The van der Waals surface area contributed by atoms with Gasteiger partial charge in [0.1, 0.15) is 23.3 Å². The van der Waals surface area contributed by atoms with Crippen molar-refractivity contribution in [2.45, 2.75) is 0 Å². The first-order valence-electron chi connectivity index (χ1n) is 6.32. The lowest BCUT2D eigenvalue weighted by atomic mass is 10.2. The van der Waals surface area contributed by atoms with E-state index in [-0.39, 0.29) is 0 Å². The molecular formula is C16H11F2N3. The van der Waals surface area contributed by atoms with Crippen LogP contribution >= 0.6 is 0 Å². The molecule has 0 N–H and O–H groups in total. The van der Waals surface area contributed by atoms with Crippen LogP contribution in [0.2, 0.25) is 0 Å². The van der Waals surface area contributed by atoms with E-state index in [0.29, 0.717) is 17.3 Å². The highest BCUT2D eigenvalue weighted by Gasteiger charge is 2.15. The van der Waals surface area contributed by atoms with Crippen LogP contribution in [0.15, 0.2) is 67.0 Å². The zero-order chi connectivity index (χ0) is 14.7. The van der Waals surface area contributed by atoms with Crippen LogP contribution in [-0.2, 0) is 0 Å². The van der Waals surface area contributed by atoms with Crippen molar-refractivity contribution < 1.29 is 8.78 Å². The Morgan fingerprint density at radius 1 is 0.714 bits per heavy atom. The second kappa shape index (κ2) is 5.66. The van der Waals surface area contributed by atoms with Crippen molar-refractivity contribution in [2.75, 3.05) is 4.90 Å². The number of hydrogen-bond acceptors (Lipinski definition) is 3. The molecule has 0 saturated carbocycles. The highest BCUT2D eigenvalue weighted by Crippen LogP contribution is 2.32. The van der Waals surface area contributed by atoms with Crippen LogP contribution in [0.4, 0.5) is 26.1 Å². The molecule has 0 aliphatic rings. The van der Waals surface area contributed by atoms with Gasteiger partial charge in [-0.1, -0.05) is 12.1 Å². The molecule has 0 spiro atoms. The summed E-state index contributed by atoms with van der Waals surface area (Å²) >= 11 is 0. The number of aromatic nitrogens is 2. The first-order valence-corrected chi connectivity index (χ1v) is 6.32. The monoisotopic (exact) mass is 283 g/mol. The summed E-state index contributed by atoms with van der Waals surface area (Å²) in [7, 11) is 0. The molecule has 21 heavy (non-hydrogen) atoms. The lowest BCUT2D eigenvalue weighted by Crippen LogP contribution is -2.13. The standard InChI is InChI=1S/C16H11F2N3/c17-12-9-13(18)11-14(10-12)21(15-5-1-3-7-19-15)16-6-2-4-8-20-16/h1-11H. The van der Waals surface area contributed by atoms with Crippen LogP contribution < -0.4 is 4.90 Å². The van der Waals surface area contributed by atoms with Crippen molar-refractivity contribution in [2.24, 2.45) is 0 Å². The summed E-state index contributed by atoms with van der Waals surface area (Å²) < 4.78 is 27.0. The van der Waals surface area contributed by atoms with Crippen LogP contribution in [0.25, 0.3) is 0 Å². The maximum Gasteiger partial charge on any atom is 0.138 e. The Bertz CT molecular complexity index is 673. The third-order valence-electron chi connectivity index (χ3n) is 2.86. The number of rotatable bonds is 3. The summed E-state index contributed by atoms with van der Waals surface area (Å²) in [6.07, 6.45) is 3.22. The van der Waals surface area contributed by atoms with Crippen LogP contribution in [0.5, 0.6) is 0 Å². The molecule has 0 unspecified atom stereocenters. The highest BCUT2D eigenvalue weighted by molar-refractivity contribution is 5.71. The van der Waals surface area contributed by atoms with Crippen molar-refractivity contribution in [1.82, 2.24) is 9.97 Å². The van der Waals surface area contributed by atoms with Crippen LogP contribution in [0, 0.1) is 11.6 Å². The van der Waals surface area contributed by atoms with Crippen molar-refractivity contribution in [1.29, 1.82) is 0 Å². The first kappa shape index (κ1) is 13.2. The molecule has 5 heteroatoms. The molecule has 2 aromatic heterocycles. The minimum Gasteiger partial charge on any atom is -0.279 e. The summed E-state index contributed by atoms with van der Waals surface area (Å²) in [6.45, 7) is 0. The third-order valence-corrected chi connectivity index (χ3v) is 2.86. The largest absolute Gasteiger partial charge is 0.279 e. The second-order valence-corrected chi connectivity index (χ2v) is 4.34. The summed E-state index contributed by atoms with van der Waals surface area (Å²) in [5.41, 5.74) is 0.324. The van der Waals surface area contributed by atoms with Crippen molar-refractivity contribution in [3.8, 4) is 0 Å². The van der Waals surface area contributed by atoms with E-state index in [4.69, 9.17) is 0 Å². The zero-order valence-electron chi connectivity index (χ0n) is 10.9. The Morgan fingerprint density at radius 3 is 1.67 bits per heavy atom. The second-order valence-electron chi connectivity index (χ2n) is 4.34. The average molecular weight is 283 g/mol. The topological polar surface area (TPSA) is 29.0 Å². The number of halogens is 2. The minimum atomic E-state index is -0.651. The molecule has 104 valence electrons. The van der Waals surface area contributed by atoms with Gasteiger partial charge < -0.3 is 0 Å². The smallest absolute Gasteiger partial charge is 0.138 e. The maximum atomic E-state index is 13.5. The molecule has 0 fully saturated rings. The molecule has 0 radical (unpaired) electrons. The summed E-state index contributed by atoms with van der Waals surface area (Å²) in [5.74, 6) is -0.244. The van der Waals surface area contributed by atoms with Gasteiger partial charge in [0.15, 0.2) is 0 Å². The van der Waals surface area contributed by atoms with Gasteiger partial charge in [-0.3, -0.25) is 4.90 Å². The van der Waals surface area contributed by atoms with Gasteiger partial charge in [-0.25, -0.2) is 18.7 Å². The zero-order valence-corrected chi connectivity index (χ0v) is 10.9. The molecule has 0 atom stereocenters. The quantitative estimate of drug-likeness (QED) is 0.720. The molecule has 0 aliphatic heterocycles. The van der Waals surface area contributed by atoms with E-state index in [2.05, 4.69) is 9.97 Å². The Labute approximate surface area is 120 Å². The fraction of sp³-hybridized carbons (Fsp3) is 0. The summed E-state index contributed by atoms with van der Waals surface area (Å²) in [5, 5.41) is 0. The van der Waals surface area contributed by atoms with Crippen molar-refractivity contribution in [3.05, 3.63) is 78.6 Å². The van der Waals surface area contributed by atoms with Crippen LogP contribution in [-0.4, -0.2) is 9.97 Å². The Kier molecular flexibility index (Phi) is 3.55. The van der Waals surface area contributed by atoms with Gasteiger partial charge in [0.25, 0.3) is 0 Å². The Balaban J connectivity index is 2.17. The van der Waals surface area contributed by atoms with E-state index in [1.165, 1.54) is 12.1 Å². The van der Waals surface area contributed by atoms with Gasteiger partial charge in [0.05, 0.1) is 5.69 Å². The first-order chi connectivity index (χ1) is 10.2. The van der Waals surface area contributed by atoms with E-state index >= 15 is 0 Å². The molecule has 0 amide bonds. The van der Waals surface area contributed by atoms with E-state index in [1.54, 1.807) is 53.7 Å². The molecule has 2 heterocycles. The Morgan fingerprint density at radius 2 is 1.24 bits per heavy atom. The predicted molar refractivity (Wildman–Crippen MR) is 76.6 cm³/mol. The van der Waals surface area contributed by atoms with Crippen LogP contribution in [0.1, 0.15) is 0 Å². The molecule has 3 nitrogen and oxygen atoms in total. The van der Waals surface area contributed by atoms with Crippen molar-refractivity contribution >= 4 is 17.3 Å². The predicted octanol–water partition coefficient (Wildman–Crippen LogP) is 4.22. The van der Waals surface area contributed by atoms with Gasteiger partial charge in [0, 0.05) is 18.5 Å². The molecule has 3 aromatic rings. The number of nitrogens with zero attached hydrogens (tertiary/aromatic N) is 3. The molecule has 3 rings (SSSR count). The lowest BCUT2D eigenvalue weighted by Gasteiger charge is -2.22. The normalized spacial score (nSPS) is 10.4. The summed E-state index contributed by atoms with van der Waals surface area (Å²) in [4.78, 5) is 10.1. The van der Waals surface area contributed by atoms with Gasteiger partial charge in [-0.15, -0.1) is 0 Å². The van der Waals surface area contributed by atoms with Gasteiger partial charge in [0.2, 0.25) is 0 Å². The van der Waals surface area contributed by atoms with Crippen LogP contribution in [0.3, 0.4) is 0 Å². The third kappa shape index (κ3) is 2.86. The van der Waals surface area contributed by atoms with Gasteiger partial charge in [-0.2, -0.15) is 0 Å². The molecule has 0 saturated heterocycles. The van der Waals surface area contributed by atoms with Gasteiger partial charge in [-0.05, 0) is 36.4 Å². The highest BCUT2D eigenvalue weighted by atomic mass is 19.1. The molecule has 0 bridgehead atoms. The fourth-order valence-electron chi connectivity index (χ4n) is 2.02. The van der Waals surface area contributed by atoms with E-state index in [1.807, 2.05) is 0 Å².